The molecule has 0 unspecified atom stereocenters. The van der Waals surface area contributed by atoms with Crippen LogP contribution >= 0.6 is 0 Å². The van der Waals surface area contributed by atoms with E-state index in [9.17, 15) is 22.8 Å². The summed E-state index contributed by atoms with van der Waals surface area (Å²) in [5, 5.41) is 0. The molecule has 1 aliphatic carbocycles. The van der Waals surface area contributed by atoms with Crippen LogP contribution in [0.4, 0.5) is 18.9 Å². The van der Waals surface area contributed by atoms with Crippen molar-refractivity contribution in [2.45, 2.75) is 38.4 Å². The van der Waals surface area contributed by atoms with E-state index in [4.69, 9.17) is 0 Å². The molecule has 3 saturated heterocycles. The molecule has 4 nitrogen and oxygen atoms in total. The number of hydrogen-bond donors (Lipinski definition) is 0. The van der Waals surface area contributed by atoms with E-state index in [0.29, 0.717) is 0 Å². The zero-order valence-electron chi connectivity index (χ0n) is 14.5. The summed E-state index contributed by atoms with van der Waals surface area (Å²) in [6.45, 7) is 3.76. The van der Waals surface area contributed by atoms with Crippen molar-refractivity contribution < 1.29 is 22.8 Å². The second-order valence-electron chi connectivity index (χ2n) is 7.51. The standard InChI is InChI=1S/C19H21F3N2O2/c1-2-8-23-10-11-6-7-14(23)16-15(11)17(25)24(18(16)26)13-5-3-4-12(9-13)19(20,21)22/h3-5,9,11,14-16H,2,6-8,10H2,1H3/t11-,14-,15-,16+/m0/s1. The Morgan fingerprint density at radius 2 is 1.85 bits per heavy atom. The van der Waals surface area contributed by atoms with Crippen molar-refractivity contribution in [3.8, 4) is 0 Å². The summed E-state index contributed by atoms with van der Waals surface area (Å²) in [6.07, 6.45) is -1.76. The molecule has 4 fully saturated rings. The zero-order valence-corrected chi connectivity index (χ0v) is 14.5. The van der Waals surface area contributed by atoms with E-state index in [2.05, 4.69) is 11.8 Å². The fourth-order valence-electron chi connectivity index (χ4n) is 5.03. The first-order chi connectivity index (χ1) is 12.3. The number of halogens is 3. The summed E-state index contributed by atoms with van der Waals surface area (Å²) in [7, 11) is 0. The van der Waals surface area contributed by atoms with Gasteiger partial charge in [0.25, 0.3) is 0 Å². The average molecular weight is 366 g/mol. The Labute approximate surface area is 149 Å². The van der Waals surface area contributed by atoms with Crippen LogP contribution in [0.25, 0.3) is 0 Å². The van der Waals surface area contributed by atoms with E-state index in [1.54, 1.807) is 0 Å². The van der Waals surface area contributed by atoms with Gasteiger partial charge in [-0.25, -0.2) is 4.90 Å². The highest BCUT2D eigenvalue weighted by Crippen LogP contribution is 2.49. The lowest BCUT2D eigenvalue weighted by atomic mass is 9.66. The predicted molar refractivity (Wildman–Crippen MR) is 89.3 cm³/mol. The lowest BCUT2D eigenvalue weighted by Crippen LogP contribution is -2.58. The first kappa shape index (κ1) is 17.5. The summed E-state index contributed by atoms with van der Waals surface area (Å²) >= 11 is 0. The van der Waals surface area contributed by atoms with Crippen LogP contribution in [0.5, 0.6) is 0 Å². The third kappa shape index (κ3) is 2.55. The molecule has 1 saturated carbocycles. The number of nitrogens with zero attached hydrogens (tertiary/aromatic N) is 2. The molecule has 3 aliphatic heterocycles. The molecule has 0 N–H and O–H groups in total. The second-order valence-corrected chi connectivity index (χ2v) is 7.51. The Bertz CT molecular complexity index is 749. The van der Waals surface area contributed by atoms with Crippen molar-refractivity contribution >= 4 is 17.5 Å². The highest BCUT2D eigenvalue weighted by molar-refractivity contribution is 6.22. The minimum absolute atomic E-state index is 0.0252. The molecule has 2 bridgehead atoms. The van der Waals surface area contributed by atoms with Crippen molar-refractivity contribution in [3.63, 3.8) is 0 Å². The van der Waals surface area contributed by atoms with E-state index in [0.717, 1.165) is 49.4 Å². The Kier molecular flexibility index (Phi) is 4.10. The molecule has 0 radical (unpaired) electrons. The third-order valence-corrected chi connectivity index (χ3v) is 6.03. The Morgan fingerprint density at radius 1 is 1.12 bits per heavy atom. The van der Waals surface area contributed by atoms with E-state index < -0.39 is 17.7 Å². The van der Waals surface area contributed by atoms with Gasteiger partial charge in [0.2, 0.25) is 11.8 Å². The number of piperidine rings is 2. The molecule has 26 heavy (non-hydrogen) atoms. The lowest BCUT2D eigenvalue weighted by Gasteiger charge is -2.50. The van der Waals surface area contributed by atoms with Crippen LogP contribution in [0.1, 0.15) is 31.7 Å². The molecule has 3 heterocycles. The third-order valence-electron chi connectivity index (χ3n) is 6.03. The van der Waals surface area contributed by atoms with Gasteiger partial charge in [0.1, 0.15) is 0 Å². The number of alkyl halides is 3. The maximum atomic E-state index is 13.0. The fourth-order valence-corrected chi connectivity index (χ4v) is 5.03. The van der Waals surface area contributed by atoms with Gasteiger partial charge in [-0.1, -0.05) is 13.0 Å². The highest BCUT2D eigenvalue weighted by atomic mass is 19.4. The normalized spacial score (nSPS) is 31.6. The quantitative estimate of drug-likeness (QED) is 0.771. The number of imide groups is 1. The van der Waals surface area contributed by atoms with Gasteiger partial charge in [-0.15, -0.1) is 0 Å². The van der Waals surface area contributed by atoms with Gasteiger partial charge in [0.05, 0.1) is 23.1 Å². The van der Waals surface area contributed by atoms with Crippen LogP contribution in [-0.2, 0) is 15.8 Å². The smallest absolute Gasteiger partial charge is 0.299 e. The monoisotopic (exact) mass is 366 g/mol. The highest BCUT2D eigenvalue weighted by Gasteiger charge is 2.60. The van der Waals surface area contributed by atoms with Gasteiger partial charge in [0, 0.05) is 12.6 Å². The van der Waals surface area contributed by atoms with E-state index >= 15 is 0 Å². The number of amides is 2. The van der Waals surface area contributed by atoms with Crippen LogP contribution in [0, 0.1) is 17.8 Å². The second kappa shape index (κ2) is 6.08. The van der Waals surface area contributed by atoms with Gasteiger partial charge in [0.15, 0.2) is 0 Å². The van der Waals surface area contributed by atoms with Crippen LogP contribution in [0.2, 0.25) is 0 Å². The van der Waals surface area contributed by atoms with Crippen molar-refractivity contribution in [1.29, 1.82) is 0 Å². The largest absolute Gasteiger partial charge is 0.416 e. The Hall–Kier alpha value is -1.89. The Balaban J connectivity index is 1.69. The molecule has 1 aromatic carbocycles. The summed E-state index contributed by atoms with van der Waals surface area (Å²) in [5.41, 5.74) is -0.813. The number of rotatable bonds is 3. The van der Waals surface area contributed by atoms with Crippen molar-refractivity contribution in [3.05, 3.63) is 29.8 Å². The van der Waals surface area contributed by atoms with Gasteiger partial charge in [-0.05, 0) is 49.9 Å². The zero-order chi connectivity index (χ0) is 18.6. The molecule has 2 amide bonds. The molecule has 7 heteroatoms. The Morgan fingerprint density at radius 3 is 2.54 bits per heavy atom. The minimum atomic E-state index is -4.51. The topological polar surface area (TPSA) is 40.6 Å². The molecule has 140 valence electrons. The van der Waals surface area contributed by atoms with Gasteiger partial charge in [-0.3, -0.25) is 14.5 Å². The summed E-state index contributed by atoms with van der Waals surface area (Å²) in [4.78, 5) is 29.3. The number of fused-ring (bicyclic) bond motifs is 2. The maximum absolute atomic E-state index is 13.0. The molecule has 0 aromatic heterocycles. The lowest BCUT2D eigenvalue weighted by molar-refractivity contribution is -0.137. The van der Waals surface area contributed by atoms with Gasteiger partial charge >= 0.3 is 6.18 Å². The number of anilines is 1. The maximum Gasteiger partial charge on any atom is 0.416 e. The van der Waals surface area contributed by atoms with Crippen LogP contribution in [0.15, 0.2) is 24.3 Å². The summed E-state index contributed by atoms with van der Waals surface area (Å²) in [6, 6.07) is 4.54. The number of carbonyl (C=O) groups excluding carboxylic acids is 2. The van der Waals surface area contributed by atoms with Crippen LogP contribution in [0.3, 0.4) is 0 Å². The molecule has 4 atom stereocenters. The molecular weight excluding hydrogens is 345 g/mol. The van der Waals surface area contributed by atoms with Crippen molar-refractivity contribution in [2.24, 2.45) is 17.8 Å². The van der Waals surface area contributed by atoms with Gasteiger partial charge in [-0.2, -0.15) is 13.2 Å². The molecular formula is C19H21F3N2O2. The van der Waals surface area contributed by atoms with Crippen molar-refractivity contribution in [1.82, 2.24) is 4.90 Å². The predicted octanol–water partition coefficient (Wildman–Crippen LogP) is 3.32. The van der Waals surface area contributed by atoms with E-state index in [-0.39, 0.29) is 35.4 Å². The van der Waals surface area contributed by atoms with E-state index in [1.807, 2.05) is 0 Å². The summed E-state index contributed by atoms with van der Waals surface area (Å²) in [5.74, 6) is -1.36. The molecule has 1 aromatic rings. The molecule has 5 rings (SSSR count). The first-order valence-corrected chi connectivity index (χ1v) is 9.12. The average Bonchev–Trinajstić information content (AvgIpc) is 2.88. The minimum Gasteiger partial charge on any atom is -0.299 e. The first-order valence-electron chi connectivity index (χ1n) is 9.12. The number of carbonyl (C=O) groups is 2. The number of benzene rings is 1. The summed E-state index contributed by atoms with van der Waals surface area (Å²) < 4.78 is 39.1. The number of hydrogen-bond acceptors (Lipinski definition) is 3. The van der Waals surface area contributed by atoms with Crippen LogP contribution in [-0.4, -0.2) is 35.8 Å². The van der Waals surface area contributed by atoms with Crippen LogP contribution < -0.4 is 4.90 Å². The van der Waals surface area contributed by atoms with E-state index in [1.165, 1.54) is 12.1 Å². The SMILES string of the molecule is CCCN1C[C@@H]2CC[C@H]1[C@H]1C(=O)N(c3cccc(C(F)(F)F)c3)C(=O)[C@@H]21. The van der Waals surface area contributed by atoms with Gasteiger partial charge < -0.3 is 0 Å². The molecule has 0 spiro atoms. The van der Waals surface area contributed by atoms with Crippen molar-refractivity contribution in [2.75, 3.05) is 18.0 Å². The molecule has 4 aliphatic rings. The fraction of sp³-hybridized carbons (Fsp3) is 0.579.